The second kappa shape index (κ2) is 14.5. The van der Waals surface area contributed by atoms with Crippen molar-refractivity contribution in [1.82, 2.24) is 24.1 Å². The number of nitrogens with zero attached hydrogens (tertiary/aromatic N) is 5. The van der Waals surface area contributed by atoms with Gasteiger partial charge < -0.3 is 9.13 Å². The Labute approximate surface area is 368 Å². The molecule has 13 rings (SSSR count). The lowest BCUT2D eigenvalue weighted by molar-refractivity contribution is 1.07. The molecule has 64 heavy (non-hydrogen) atoms. The van der Waals surface area contributed by atoms with Gasteiger partial charge in [0.2, 0.25) is 0 Å². The van der Waals surface area contributed by atoms with Gasteiger partial charge in [-0.1, -0.05) is 152 Å². The third kappa shape index (κ3) is 5.83. The summed E-state index contributed by atoms with van der Waals surface area (Å²) in [6, 6.07) is 79.9. The van der Waals surface area contributed by atoms with Crippen molar-refractivity contribution in [3.8, 4) is 56.7 Å². The van der Waals surface area contributed by atoms with E-state index in [-0.39, 0.29) is 0 Å². The second-order valence-electron chi connectivity index (χ2n) is 16.5. The van der Waals surface area contributed by atoms with Gasteiger partial charge in [0, 0.05) is 49.6 Å². The van der Waals surface area contributed by atoms with Crippen molar-refractivity contribution in [2.75, 3.05) is 0 Å². The van der Waals surface area contributed by atoms with E-state index in [1.54, 1.807) is 0 Å². The van der Waals surface area contributed by atoms with Crippen LogP contribution >= 0.6 is 0 Å². The minimum Gasteiger partial charge on any atom is -0.309 e. The molecule has 0 aliphatic carbocycles. The molecule has 5 heteroatoms. The average molecular weight is 816 g/mol. The molecule has 10 aromatic carbocycles. The van der Waals surface area contributed by atoms with Gasteiger partial charge in [0.15, 0.2) is 17.5 Å². The van der Waals surface area contributed by atoms with Gasteiger partial charge >= 0.3 is 0 Å². The predicted molar refractivity (Wildman–Crippen MR) is 265 cm³/mol. The number of hydrogen-bond donors (Lipinski definition) is 0. The Morgan fingerprint density at radius 1 is 0.250 bits per heavy atom. The average Bonchev–Trinajstić information content (AvgIpc) is 3.87. The molecule has 13 aromatic rings. The Morgan fingerprint density at radius 3 is 1.50 bits per heavy atom. The van der Waals surface area contributed by atoms with E-state index in [0.717, 1.165) is 77.4 Å². The number of para-hydroxylation sites is 3. The van der Waals surface area contributed by atoms with Crippen molar-refractivity contribution in [3.63, 3.8) is 0 Å². The third-order valence-corrected chi connectivity index (χ3v) is 12.7. The van der Waals surface area contributed by atoms with Crippen LogP contribution in [0.3, 0.4) is 0 Å². The first-order valence-electron chi connectivity index (χ1n) is 21.7. The van der Waals surface area contributed by atoms with Crippen LogP contribution in [0.25, 0.3) is 122 Å². The van der Waals surface area contributed by atoms with Crippen molar-refractivity contribution in [2.24, 2.45) is 0 Å². The van der Waals surface area contributed by atoms with Crippen LogP contribution in [-0.4, -0.2) is 24.1 Å². The highest BCUT2D eigenvalue weighted by Gasteiger charge is 2.20. The molecule has 0 bridgehead atoms. The Morgan fingerprint density at radius 2 is 0.766 bits per heavy atom. The first-order valence-corrected chi connectivity index (χ1v) is 21.7. The van der Waals surface area contributed by atoms with Gasteiger partial charge in [0.25, 0.3) is 0 Å². The summed E-state index contributed by atoms with van der Waals surface area (Å²) in [5.41, 5.74) is 11.7. The van der Waals surface area contributed by atoms with Gasteiger partial charge in [0.1, 0.15) is 0 Å². The molecule has 0 spiro atoms. The fraction of sp³-hybridized carbons (Fsp3) is 0. The van der Waals surface area contributed by atoms with Crippen molar-refractivity contribution in [1.29, 1.82) is 0 Å². The quantitative estimate of drug-likeness (QED) is 0.168. The third-order valence-electron chi connectivity index (χ3n) is 12.7. The van der Waals surface area contributed by atoms with E-state index in [2.05, 4.69) is 228 Å². The van der Waals surface area contributed by atoms with E-state index in [9.17, 15) is 0 Å². The molecule has 0 saturated heterocycles. The lowest BCUT2D eigenvalue weighted by Crippen LogP contribution is -2.02. The fourth-order valence-corrected chi connectivity index (χ4v) is 9.73. The molecule has 0 atom stereocenters. The molecule has 3 heterocycles. The summed E-state index contributed by atoms with van der Waals surface area (Å²) in [6.45, 7) is 0. The minimum atomic E-state index is 0.612. The largest absolute Gasteiger partial charge is 0.309 e. The number of rotatable bonds is 6. The Hall–Kier alpha value is -8.67. The van der Waals surface area contributed by atoms with Crippen LogP contribution in [0, 0.1) is 0 Å². The van der Waals surface area contributed by atoms with Crippen molar-refractivity contribution in [2.45, 2.75) is 0 Å². The van der Waals surface area contributed by atoms with Crippen molar-refractivity contribution < 1.29 is 0 Å². The highest BCUT2D eigenvalue weighted by molar-refractivity contribution is 6.14. The molecule has 5 nitrogen and oxygen atoms in total. The zero-order chi connectivity index (χ0) is 42.1. The highest BCUT2D eigenvalue weighted by Crippen LogP contribution is 2.40. The lowest BCUT2D eigenvalue weighted by atomic mass is 10.0. The molecule has 0 unspecified atom stereocenters. The summed E-state index contributed by atoms with van der Waals surface area (Å²) >= 11 is 0. The van der Waals surface area contributed by atoms with E-state index >= 15 is 0 Å². The minimum absolute atomic E-state index is 0.612. The number of benzene rings is 10. The van der Waals surface area contributed by atoms with Gasteiger partial charge in [-0.15, -0.1) is 0 Å². The molecule has 0 radical (unpaired) electrons. The monoisotopic (exact) mass is 815 g/mol. The van der Waals surface area contributed by atoms with Gasteiger partial charge in [-0.3, -0.25) is 0 Å². The number of aromatic nitrogens is 5. The second-order valence-corrected chi connectivity index (χ2v) is 16.5. The maximum Gasteiger partial charge on any atom is 0.164 e. The van der Waals surface area contributed by atoms with Crippen LogP contribution in [0.15, 0.2) is 224 Å². The molecule has 0 saturated carbocycles. The van der Waals surface area contributed by atoms with E-state index in [1.807, 2.05) is 6.07 Å². The van der Waals surface area contributed by atoms with E-state index in [0.29, 0.717) is 17.5 Å². The van der Waals surface area contributed by atoms with Crippen LogP contribution < -0.4 is 0 Å². The topological polar surface area (TPSA) is 48.5 Å². The molecule has 0 fully saturated rings. The van der Waals surface area contributed by atoms with Gasteiger partial charge in [0.05, 0.1) is 22.1 Å². The van der Waals surface area contributed by atoms with Crippen LogP contribution in [0.4, 0.5) is 0 Å². The first-order chi connectivity index (χ1) is 31.7. The zero-order valence-corrected chi connectivity index (χ0v) is 34.6. The van der Waals surface area contributed by atoms with Crippen LogP contribution in [0.2, 0.25) is 0 Å². The standard InChI is InChI=1S/C59H37N5/c1-3-16-38(17-4-1)39-21-15-22-43(32-39)57-60-58(44-30-31-55-50(35-44)48-26-11-13-28-53(48)63(55)45-23-5-2-6-24-45)62-59(61-57)52-37-46(33-42-20-9-10-25-47(42)52)64-54-29-14-12-27-49(54)51-34-40-18-7-8-19-41(40)36-56(51)64/h1-37H. The normalized spacial score (nSPS) is 11.8. The summed E-state index contributed by atoms with van der Waals surface area (Å²) in [7, 11) is 0. The highest BCUT2D eigenvalue weighted by atomic mass is 15.0. The van der Waals surface area contributed by atoms with Gasteiger partial charge in [-0.2, -0.15) is 0 Å². The van der Waals surface area contributed by atoms with E-state index in [1.165, 1.54) is 26.9 Å². The Balaban J connectivity index is 1.07. The molecular weight excluding hydrogens is 779 g/mol. The van der Waals surface area contributed by atoms with Crippen LogP contribution in [-0.2, 0) is 0 Å². The van der Waals surface area contributed by atoms with E-state index < -0.39 is 0 Å². The van der Waals surface area contributed by atoms with Crippen molar-refractivity contribution >= 4 is 65.2 Å². The predicted octanol–water partition coefficient (Wildman–Crippen LogP) is 15.0. The van der Waals surface area contributed by atoms with Gasteiger partial charge in [-0.25, -0.2) is 15.0 Å². The Kier molecular flexibility index (Phi) is 8.15. The lowest BCUT2D eigenvalue weighted by Gasteiger charge is -2.15. The maximum absolute atomic E-state index is 5.43. The number of fused-ring (bicyclic) bond motifs is 8. The summed E-state index contributed by atoms with van der Waals surface area (Å²) in [5, 5.41) is 9.34. The smallest absolute Gasteiger partial charge is 0.164 e. The molecule has 0 aliphatic rings. The molecule has 298 valence electrons. The van der Waals surface area contributed by atoms with Gasteiger partial charge in [-0.05, 0) is 105 Å². The molecular formula is C59H37N5. The zero-order valence-electron chi connectivity index (χ0n) is 34.6. The molecule has 0 aliphatic heterocycles. The van der Waals surface area contributed by atoms with E-state index in [4.69, 9.17) is 15.0 Å². The summed E-state index contributed by atoms with van der Waals surface area (Å²) in [4.78, 5) is 16.1. The van der Waals surface area contributed by atoms with Crippen molar-refractivity contribution in [3.05, 3.63) is 224 Å². The fourth-order valence-electron chi connectivity index (χ4n) is 9.73. The molecule has 0 amide bonds. The van der Waals surface area contributed by atoms with Crippen LogP contribution in [0.1, 0.15) is 0 Å². The SMILES string of the molecule is c1ccc(-c2cccc(-c3nc(-c4ccc5c(c4)c4ccccc4n5-c4ccccc4)nc(-c4cc(-n5c6ccccc6c6cc7ccccc7cc65)cc5ccccc45)n3)c2)cc1. The number of hydrogen-bond acceptors (Lipinski definition) is 3. The molecule has 0 N–H and O–H groups in total. The van der Waals surface area contributed by atoms with Crippen LogP contribution in [0.5, 0.6) is 0 Å². The summed E-state index contributed by atoms with van der Waals surface area (Å²) in [5.74, 6) is 1.84. The Bertz CT molecular complexity index is 3960. The molecule has 3 aromatic heterocycles. The maximum atomic E-state index is 5.43. The summed E-state index contributed by atoms with van der Waals surface area (Å²) < 4.78 is 4.73. The first kappa shape index (κ1) is 36.0. The summed E-state index contributed by atoms with van der Waals surface area (Å²) in [6.07, 6.45) is 0.